The summed E-state index contributed by atoms with van der Waals surface area (Å²) in [6, 6.07) is 8.68. The van der Waals surface area contributed by atoms with Gasteiger partial charge in [-0.25, -0.2) is 5.43 Å². The molecule has 0 saturated heterocycles. The highest BCUT2D eigenvalue weighted by Gasteiger charge is 2.12. The number of nitrogens with one attached hydrogen (secondary N) is 1. The van der Waals surface area contributed by atoms with Gasteiger partial charge in [-0.2, -0.15) is 5.10 Å². The number of nitrogens with zero attached hydrogens (tertiary/aromatic N) is 1. The highest BCUT2D eigenvalue weighted by atomic mass is 127. The van der Waals surface area contributed by atoms with Gasteiger partial charge < -0.3 is 18.9 Å². The van der Waals surface area contributed by atoms with Gasteiger partial charge in [-0.1, -0.05) is 6.92 Å². The van der Waals surface area contributed by atoms with Gasteiger partial charge in [0.1, 0.15) is 0 Å². The van der Waals surface area contributed by atoms with E-state index in [2.05, 4.69) is 33.1 Å². The molecular weight excluding hydrogens is 487 g/mol. The number of carbonyl (C=O) groups is 1. The van der Waals surface area contributed by atoms with Gasteiger partial charge in [-0.3, -0.25) is 4.79 Å². The highest BCUT2D eigenvalue weighted by Crippen LogP contribution is 2.33. The van der Waals surface area contributed by atoms with Crippen LogP contribution in [0, 0.1) is 3.57 Å². The summed E-state index contributed by atoms with van der Waals surface area (Å²) in [6.07, 6.45) is 2.46. The van der Waals surface area contributed by atoms with Crippen molar-refractivity contribution in [2.75, 3.05) is 27.4 Å². The second-order valence-corrected chi connectivity index (χ2v) is 7.04. The Balaban J connectivity index is 2.11. The normalized spacial score (nSPS) is 10.7. The van der Waals surface area contributed by atoms with Gasteiger partial charge in [0.15, 0.2) is 23.0 Å². The minimum Gasteiger partial charge on any atom is -0.493 e. The molecule has 0 aliphatic carbocycles. The molecule has 2 rings (SSSR count). The Morgan fingerprint density at radius 2 is 1.83 bits per heavy atom. The number of hydrogen-bond acceptors (Lipinski definition) is 6. The van der Waals surface area contributed by atoms with Gasteiger partial charge in [0.2, 0.25) is 0 Å². The summed E-state index contributed by atoms with van der Waals surface area (Å²) in [5.74, 6) is 2.05. The lowest BCUT2D eigenvalue weighted by Crippen LogP contribution is -2.17. The number of rotatable bonds is 10. The number of benzene rings is 2. The first kappa shape index (κ1) is 22.8. The standard InChI is InChI=1S/C21H25IN2O5/c1-5-9-29-20-16(22)10-14(11-19(20)27-4)13-23-24-21(25)15-7-8-17(28-6-2)18(12-15)26-3/h7-8,10-13H,5-6,9H2,1-4H3,(H,24,25)/b23-13+. The molecule has 0 heterocycles. The van der Waals surface area contributed by atoms with Crippen molar-refractivity contribution in [3.8, 4) is 23.0 Å². The molecule has 0 saturated carbocycles. The summed E-state index contributed by atoms with van der Waals surface area (Å²) in [6.45, 7) is 5.05. The lowest BCUT2D eigenvalue weighted by atomic mass is 10.2. The van der Waals surface area contributed by atoms with Crippen LogP contribution in [-0.4, -0.2) is 39.6 Å². The maximum absolute atomic E-state index is 12.4. The minimum atomic E-state index is -0.354. The minimum absolute atomic E-state index is 0.354. The average Bonchev–Trinajstić information content (AvgIpc) is 2.73. The second-order valence-electron chi connectivity index (χ2n) is 5.88. The molecule has 2 aromatic carbocycles. The fourth-order valence-corrected chi connectivity index (χ4v) is 3.25. The van der Waals surface area contributed by atoms with E-state index < -0.39 is 0 Å². The van der Waals surface area contributed by atoms with E-state index in [0.29, 0.717) is 41.8 Å². The average molecular weight is 512 g/mol. The van der Waals surface area contributed by atoms with Crippen LogP contribution in [0.15, 0.2) is 35.4 Å². The number of amides is 1. The molecule has 0 aliphatic heterocycles. The summed E-state index contributed by atoms with van der Waals surface area (Å²) in [7, 11) is 3.12. The molecule has 156 valence electrons. The topological polar surface area (TPSA) is 78.4 Å². The Labute approximate surface area is 184 Å². The zero-order valence-electron chi connectivity index (χ0n) is 17.0. The molecule has 2 aromatic rings. The number of carbonyl (C=O) groups excluding carboxylic acids is 1. The summed E-state index contributed by atoms with van der Waals surface area (Å²) in [5, 5.41) is 4.04. The Morgan fingerprint density at radius 1 is 1.07 bits per heavy atom. The monoisotopic (exact) mass is 512 g/mol. The molecule has 8 heteroatoms. The van der Waals surface area contributed by atoms with Crippen LogP contribution in [0.2, 0.25) is 0 Å². The Kier molecular flexibility index (Phi) is 9.04. The molecule has 0 fully saturated rings. The SMILES string of the molecule is CCCOc1c(I)cc(/C=N/NC(=O)c2ccc(OCC)c(OC)c2)cc1OC. The summed E-state index contributed by atoms with van der Waals surface area (Å²) in [4.78, 5) is 12.4. The van der Waals surface area contributed by atoms with Crippen molar-refractivity contribution < 1.29 is 23.7 Å². The van der Waals surface area contributed by atoms with Crippen LogP contribution < -0.4 is 24.4 Å². The van der Waals surface area contributed by atoms with Gasteiger partial charge in [-0.05, 0) is 71.8 Å². The van der Waals surface area contributed by atoms with Crippen molar-refractivity contribution in [1.29, 1.82) is 0 Å². The molecule has 0 aromatic heterocycles. The summed E-state index contributed by atoms with van der Waals surface area (Å²) >= 11 is 2.19. The van der Waals surface area contributed by atoms with Crippen LogP contribution >= 0.6 is 22.6 Å². The number of ether oxygens (including phenoxy) is 4. The van der Waals surface area contributed by atoms with E-state index in [4.69, 9.17) is 18.9 Å². The molecule has 1 amide bonds. The van der Waals surface area contributed by atoms with Crippen LogP contribution in [-0.2, 0) is 0 Å². The van der Waals surface area contributed by atoms with Gasteiger partial charge in [0.25, 0.3) is 5.91 Å². The molecule has 0 radical (unpaired) electrons. The Morgan fingerprint density at radius 3 is 2.48 bits per heavy atom. The summed E-state index contributed by atoms with van der Waals surface area (Å²) < 4.78 is 22.8. The molecule has 0 aliphatic rings. The quantitative estimate of drug-likeness (QED) is 0.293. The second kappa shape index (κ2) is 11.5. The van der Waals surface area contributed by atoms with E-state index >= 15 is 0 Å². The first-order valence-electron chi connectivity index (χ1n) is 9.18. The third kappa shape index (κ3) is 6.25. The maximum atomic E-state index is 12.4. The predicted molar refractivity (Wildman–Crippen MR) is 121 cm³/mol. The third-order valence-electron chi connectivity index (χ3n) is 3.81. The summed E-state index contributed by atoms with van der Waals surface area (Å²) in [5.41, 5.74) is 3.71. The number of hydrazone groups is 1. The van der Waals surface area contributed by atoms with Gasteiger partial charge in [-0.15, -0.1) is 0 Å². The highest BCUT2D eigenvalue weighted by molar-refractivity contribution is 14.1. The zero-order chi connectivity index (χ0) is 21.2. The fourth-order valence-electron chi connectivity index (χ4n) is 2.47. The Bertz CT molecular complexity index is 870. The fraction of sp³-hybridized carbons (Fsp3) is 0.333. The van der Waals surface area contributed by atoms with Crippen molar-refractivity contribution in [1.82, 2.24) is 5.43 Å². The molecule has 7 nitrogen and oxygen atoms in total. The first-order chi connectivity index (χ1) is 14.0. The van der Waals surface area contributed by atoms with E-state index in [1.165, 1.54) is 7.11 Å². The molecule has 0 atom stereocenters. The zero-order valence-corrected chi connectivity index (χ0v) is 19.1. The molecule has 1 N–H and O–H groups in total. The van der Waals surface area contributed by atoms with Gasteiger partial charge in [0.05, 0.1) is 37.2 Å². The Hall–Kier alpha value is -2.49. The van der Waals surface area contributed by atoms with Crippen molar-refractivity contribution in [3.05, 3.63) is 45.0 Å². The van der Waals surface area contributed by atoms with Gasteiger partial charge >= 0.3 is 0 Å². The molecule has 0 spiro atoms. The number of methoxy groups -OCH3 is 2. The van der Waals surface area contributed by atoms with E-state index in [9.17, 15) is 4.79 Å². The third-order valence-corrected chi connectivity index (χ3v) is 4.61. The van der Waals surface area contributed by atoms with Crippen LogP contribution in [0.5, 0.6) is 23.0 Å². The lowest BCUT2D eigenvalue weighted by Gasteiger charge is -2.12. The van der Waals surface area contributed by atoms with Crippen molar-refractivity contribution in [2.45, 2.75) is 20.3 Å². The van der Waals surface area contributed by atoms with E-state index in [-0.39, 0.29) is 5.91 Å². The van der Waals surface area contributed by atoms with Crippen LogP contribution in [0.25, 0.3) is 0 Å². The largest absolute Gasteiger partial charge is 0.493 e. The van der Waals surface area contributed by atoms with Crippen molar-refractivity contribution in [2.24, 2.45) is 5.10 Å². The molecule has 0 bridgehead atoms. The van der Waals surface area contributed by atoms with Crippen LogP contribution in [0.3, 0.4) is 0 Å². The van der Waals surface area contributed by atoms with Crippen LogP contribution in [0.1, 0.15) is 36.2 Å². The van der Waals surface area contributed by atoms with Gasteiger partial charge in [0, 0.05) is 5.56 Å². The van der Waals surface area contributed by atoms with E-state index in [1.54, 1.807) is 31.5 Å². The molecule has 0 unspecified atom stereocenters. The predicted octanol–water partition coefficient (Wildman–Crippen LogP) is 4.26. The van der Waals surface area contributed by atoms with Crippen molar-refractivity contribution >= 4 is 34.7 Å². The number of halogens is 1. The molecular formula is C21H25IN2O5. The van der Waals surface area contributed by atoms with E-state index in [1.807, 2.05) is 26.0 Å². The first-order valence-corrected chi connectivity index (χ1v) is 10.3. The van der Waals surface area contributed by atoms with Crippen LogP contribution in [0.4, 0.5) is 0 Å². The number of hydrogen-bond donors (Lipinski definition) is 1. The lowest BCUT2D eigenvalue weighted by molar-refractivity contribution is 0.0954. The molecule has 29 heavy (non-hydrogen) atoms. The smallest absolute Gasteiger partial charge is 0.271 e. The van der Waals surface area contributed by atoms with Crippen molar-refractivity contribution in [3.63, 3.8) is 0 Å². The van der Waals surface area contributed by atoms with E-state index in [0.717, 1.165) is 15.6 Å². The maximum Gasteiger partial charge on any atom is 0.271 e.